The lowest BCUT2D eigenvalue weighted by atomic mass is 10.1. The first-order valence-electron chi connectivity index (χ1n) is 9.45. The molecule has 0 radical (unpaired) electrons. The molecule has 0 unspecified atom stereocenters. The molecule has 0 atom stereocenters. The van der Waals surface area contributed by atoms with E-state index in [4.69, 9.17) is 14.7 Å². The molecule has 1 saturated heterocycles. The summed E-state index contributed by atoms with van der Waals surface area (Å²) in [4.78, 5) is 14.2. The lowest BCUT2D eigenvalue weighted by Crippen LogP contribution is -2.37. The topological polar surface area (TPSA) is 41.5 Å². The van der Waals surface area contributed by atoms with Gasteiger partial charge < -0.3 is 14.5 Å². The Labute approximate surface area is 160 Å². The van der Waals surface area contributed by atoms with Crippen molar-refractivity contribution < 1.29 is 4.74 Å². The molecule has 1 aliphatic heterocycles. The maximum Gasteiger partial charge on any atom is 0.232 e. The minimum Gasteiger partial charge on any atom is -0.378 e. The van der Waals surface area contributed by atoms with Crippen LogP contribution in [-0.4, -0.2) is 42.8 Å². The summed E-state index contributed by atoms with van der Waals surface area (Å²) in [6, 6.07) is 22.7. The molecule has 2 heterocycles. The maximum atomic E-state index is 5.51. The lowest BCUT2D eigenvalue weighted by molar-refractivity contribution is 0.122. The second-order valence-corrected chi connectivity index (χ2v) is 6.46. The zero-order valence-electron chi connectivity index (χ0n) is 15.6. The van der Waals surface area contributed by atoms with E-state index in [0.717, 1.165) is 61.6 Å². The van der Waals surface area contributed by atoms with Crippen molar-refractivity contribution in [3.05, 3.63) is 66.7 Å². The first-order valence-corrected chi connectivity index (χ1v) is 9.45. The fourth-order valence-electron chi connectivity index (χ4n) is 3.30. The summed E-state index contributed by atoms with van der Waals surface area (Å²) in [5.41, 5.74) is 3.13. The number of ether oxygens (including phenoxy) is 1. The van der Waals surface area contributed by atoms with E-state index in [-0.39, 0.29) is 0 Å². The molecule has 5 nitrogen and oxygen atoms in total. The molecule has 0 N–H and O–H groups in total. The highest BCUT2D eigenvalue weighted by molar-refractivity contribution is 5.67. The van der Waals surface area contributed by atoms with Crippen molar-refractivity contribution in [1.29, 1.82) is 0 Å². The average Bonchev–Trinajstić information content (AvgIpc) is 2.76. The van der Waals surface area contributed by atoms with Gasteiger partial charge in [0.25, 0.3) is 0 Å². The molecule has 0 aliphatic carbocycles. The molecule has 1 aliphatic rings. The highest BCUT2D eigenvalue weighted by Crippen LogP contribution is 2.28. The van der Waals surface area contributed by atoms with E-state index in [0.29, 0.717) is 0 Å². The van der Waals surface area contributed by atoms with Crippen molar-refractivity contribution in [3.8, 4) is 11.3 Å². The molecule has 5 heteroatoms. The van der Waals surface area contributed by atoms with E-state index in [9.17, 15) is 0 Å². The minimum absolute atomic E-state index is 0.728. The number of anilines is 3. The first kappa shape index (κ1) is 17.5. The van der Waals surface area contributed by atoms with Gasteiger partial charge in [-0.2, -0.15) is 4.98 Å². The van der Waals surface area contributed by atoms with Crippen molar-refractivity contribution in [1.82, 2.24) is 9.97 Å². The predicted molar refractivity (Wildman–Crippen MR) is 110 cm³/mol. The number of morpholine rings is 1. The zero-order chi connectivity index (χ0) is 18.5. The Morgan fingerprint density at radius 3 is 2.26 bits per heavy atom. The molecule has 0 bridgehead atoms. The van der Waals surface area contributed by atoms with Crippen LogP contribution in [0.1, 0.15) is 6.92 Å². The van der Waals surface area contributed by atoms with Gasteiger partial charge in [-0.3, -0.25) is 0 Å². The smallest absolute Gasteiger partial charge is 0.232 e. The van der Waals surface area contributed by atoms with Crippen LogP contribution in [0.2, 0.25) is 0 Å². The molecule has 1 aromatic heterocycles. The van der Waals surface area contributed by atoms with Crippen LogP contribution < -0.4 is 9.80 Å². The summed E-state index contributed by atoms with van der Waals surface area (Å²) >= 11 is 0. The van der Waals surface area contributed by atoms with Gasteiger partial charge in [0.15, 0.2) is 0 Å². The Hall–Kier alpha value is -2.92. The SMILES string of the molecule is CCN(c1ccccc1)c1nc(-c2ccccc2)cc(N2CCOCC2)n1. The zero-order valence-corrected chi connectivity index (χ0v) is 15.6. The van der Waals surface area contributed by atoms with E-state index in [1.54, 1.807) is 0 Å². The van der Waals surface area contributed by atoms with Crippen LogP contribution in [0.15, 0.2) is 66.7 Å². The number of hydrogen-bond acceptors (Lipinski definition) is 5. The van der Waals surface area contributed by atoms with Crippen molar-refractivity contribution in [2.24, 2.45) is 0 Å². The number of aromatic nitrogens is 2. The normalized spacial score (nSPS) is 14.2. The summed E-state index contributed by atoms with van der Waals surface area (Å²) < 4.78 is 5.51. The molecular formula is C22H24N4O. The van der Waals surface area contributed by atoms with Crippen LogP contribution in [0.5, 0.6) is 0 Å². The van der Waals surface area contributed by atoms with Gasteiger partial charge in [-0.05, 0) is 19.1 Å². The number of para-hydroxylation sites is 1. The van der Waals surface area contributed by atoms with E-state index in [1.807, 2.05) is 36.4 Å². The summed E-state index contributed by atoms with van der Waals surface area (Å²) in [6.45, 7) is 6.08. The molecule has 0 spiro atoms. The highest BCUT2D eigenvalue weighted by Gasteiger charge is 2.18. The van der Waals surface area contributed by atoms with Gasteiger partial charge in [0, 0.05) is 37.0 Å². The Morgan fingerprint density at radius 2 is 1.59 bits per heavy atom. The molecule has 138 valence electrons. The van der Waals surface area contributed by atoms with Crippen molar-refractivity contribution >= 4 is 17.5 Å². The first-order chi connectivity index (χ1) is 13.3. The largest absolute Gasteiger partial charge is 0.378 e. The molecule has 2 aromatic carbocycles. The number of hydrogen-bond donors (Lipinski definition) is 0. The monoisotopic (exact) mass is 360 g/mol. The average molecular weight is 360 g/mol. The summed E-state index contributed by atoms with van der Waals surface area (Å²) in [5.74, 6) is 1.68. The van der Waals surface area contributed by atoms with Crippen LogP contribution in [-0.2, 0) is 4.74 Å². The summed E-state index contributed by atoms with van der Waals surface area (Å²) in [5, 5.41) is 0. The van der Waals surface area contributed by atoms with Gasteiger partial charge in [0.05, 0.1) is 18.9 Å². The second kappa shape index (κ2) is 8.18. The molecule has 3 aromatic rings. The number of benzene rings is 2. The Kier molecular flexibility index (Phi) is 5.30. The third-order valence-electron chi connectivity index (χ3n) is 4.73. The van der Waals surface area contributed by atoms with Crippen LogP contribution >= 0.6 is 0 Å². The Balaban J connectivity index is 1.79. The molecule has 4 rings (SSSR count). The minimum atomic E-state index is 0.728. The van der Waals surface area contributed by atoms with E-state index in [1.165, 1.54) is 0 Å². The fourth-order valence-corrected chi connectivity index (χ4v) is 3.30. The van der Waals surface area contributed by atoms with Gasteiger partial charge >= 0.3 is 0 Å². The van der Waals surface area contributed by atoms with Crippen LogP contribution in [0.3, 0.4) is 0 Å². The standard InChI is InChI=1S/C22H24N4O/c1-2-26(19-11-7-4-8-12-19)22-23-20(18-9-5-3-6-10-18)17-21(24-22)25-13-15-27-16-14-25/h3-12,17H,2,13-16H2,1H3. The summed E-state index contributed by atoms with van der Waals surface area (Å²) in [6.07, 6.45) is 0. The van der Waals surface area contributed by atoms with Gasteiger partial charge in [-0.15, -0.1) is 0 Å². The highest BCUT2D eigenvalue weighted by atomic mass is 16.5. The molecule has 1 fully saturated rings. The van der Waals surface area contributed by atoms with E-state index < -0.39 is 0 Å². The number of rotatable bonds is 5. The van der Waals surface area contributed by atoms with Crippen molar-refractivity contribution in [2.75, 3.05) is 42.6 Å². The van der Waals surface area contributed by atoms with Crippen LogP contribution in [0.25, 0.3) is 11.3 Å². The van der Waals surface area contributed by atoms with Crippen LogP contribution in [0, 0.1) is 0 Å². The molecule has 0 saturated carbocycles. The van der Waals surface area contributed by atoms with Crippen LogP contribution in [0.4, 0.5) is 17.5 Å². The molecule has 0 amide bonds. The predicted octanol–water partition coefficient (Wildman–Crippen LogP) is 4.14. The third kappa shape index (κ3) is 3.93. The van der Waals surface area contributed by atoms with Gasteiger partial charge in [-0.25, -0.2) is 4.98 Å². The van der Waals surface area contributed by atoms with E-state index >= 15 is 0 Å². The van der Waals surface area contributed by atoms with Gasteiger partial charge in [0.2, 0.25) is 5.95 Å². The maximum absolute atomic E-state index is 5.51. The Morgan fingerprint density at radius 1 is 0.926 bits per heavy atom. The molecule has 27 heavy (non-hydrogen) atoms. The van der Waals surface area contributed by atoms with Crippen molar-refractivity contribution in [2.45, 2.75) is 6.92 Å². The summed E-state index contributed by atoms with van der Waals surface area (Å²) in [7, 11) is 0. The quantitative estimate of drug-likeness (QED) is 0.684. The number of nitrogens with zero attached hydrogens (tertiary/aromatic N) is 4. The van der Waals surface area contributed by atoms with Gasteiger partial charge in [-0.1, -0.05) is 48.5 Å². The van der Waals surface area contributed by atoms with E-state index in [2.05, 4.69) is 47.1 Å². The second-order valence-electron chi connectivity index (χ2n) is 6.46. The lowest BCUT2D eigenvalue weighted by Gasteiger charge is -2.29. The van der Waals surface area contributed by atoms with Crippen molar-refractivity contribution in [3.63, 3.8) is 0 Å². The fraction of sp³-hybridized carbons (Fsp3) is 0.273. The molecular weight excluding hydrogens is 336 g/mol. The third-order valence-corrected chi connectivity index (χ3v) is 4.73. The van der Waals surface area contributed by atoms with Gasteiger partial charge in [0.1, 0.15) is 5.82 Å². The Bertz CT molecular complexity index is 864.